The van der Waals surface area contributed by atoms with Gasteiger partial charge in [-0.05, 0) is 37.3 Å². The predicted octanol–water partition coefficient (Wildman–Crippen LogP) is 5.06. The van der Waals surface area contributed by atoms with Crippen LogP contribution in [-0.2, 0) is 17.1 Å². The van der Waals surface area contributed by atoms with Gasteiger partial charge in [0, 0.05) is 29.4 Å². The number of hydrogen-bond donors (Lipinski definition) is 1. The van der Waals surface area contributed by atoms with Crippen LogP contribution in [0.3, 0.4) is 0 Å². The number of halogens is 1. The smallest absolute Gasteiger partial charge is 0.263 e. The zero-order valence-corrected chi connectivity index (χ0v) is 17.4. The fraction of sp³-hybridized carbons (Fsp3) is 0.0952. The molecule has 29 heavy (non-hydrogen) atoms. The maximum Gasteiger partial charge on any atom is 0.263 e. The van der Waals surface area contributed by atoms with E-state index in [1.54, 1.807) is 13.0 Å². The maximum atomic E-state index is 13.1. The number of thiazole rings is 1. The molecule has 0 aliphatic rings. The lowest BCUT2D eigenvalue weighted by Gasteiger charge is -2.08. The zero-order chi connectivity index (χ0) is 20.6. The molecule has 0 unspecified atom stereocenters. The van der Waals surface area contributed by atoms with Crippen molar-refractivity contribution in [3.8, 4) is 22.0 Å². The molecule has 0 aliphatic heterocycles. The Morgan fingerprint density at radius 1 is 1.07 bits per heavy atom. The Balaban J connectivity index is 1.69. The molecule has 0 saturated carbocycles. The minimum Gasteiger partial charge on any atom is -0.345 e. The zero-order valence-electron chi connectivity index (χ0n) is 15.8. The quantitative estimate of drug-likeness (QED) is 0.484. The summed E-state index contributed by atoms with van der Waals surface area (Å²) in [6.07, 6.45) is 0. The Kier molecular flexibility index (Phi) is 4.97. The average molecular weight is 428 g/mol. The minimum atomic E-state index is -3.83. The first-order valence-corrected chi connectivity index (χ1v) is 11.2. The minimum absolute atomic E-state index is 0.163. The van der Waals surface area contributed by atoms with Gasteiger partial charge in [0.25, 0.3) is 10.0 Å². The lowest BCUT2D eigenvalue weighted by atomic mass is 10.2. The van der Waals surface area contributed by atoms with Crippen LogP contribution in [-0.4, -0.2) is 18.0 Å². The lowest BCUT2D eigenvalue weighted by molar-refractivity contribution is 0.600. The molecule has 2 heterocycles. The third-order valence-corrected chi connectivity index (χ3v) is 7.03. The van der Waals surface area contributed by atoms with E-state index in [4.69, 9.17) is 0 Å². The summed E-state index contributed by atoms with van der Waals surface area (Å²) in [6, 6.07) is 16.6. The molecule has 0 spiro atoms. The Hall–Kier alpha value is -2.97. The van der Waals surface area contributed by atoms with Crippen LogP contribution in [0, 0.1) is 12.7 Å². The second-order valence-electron chi connectivity index (χ2n) is 6.55. The van der Waals surface area contributed by atoms with Gasteiger partial charge in [0.15, 0.2) is 0 Å². The van der Waals surface area contributed by atoms with Crippen molar-refractivity contribution < 1.29 is 12.8 Å². The topological polar surface area (TPSA) is 64.0 Å². The summed E-state index contributed by atoms with van der Waals surface area (Å²) in [6.45, 7) is 1.74. The van der Waals surface area contributed by atoms with Crippen molar-refractivity contribution in [1.82, 2.24) is 9.55 Å². The first kappa shape index (κ1) is 19.4. The van der Waals surface area contributed by atoms with Gasteiger partial charge in [0.2, 0.25) is 0 Å². The molecule has 4 aromatic rings. The van der Waals surface area contributed by atoms with Crippen LogP contribution in [0.2, 0.25) is 0 Å². The fourth-order valence-electron chi connectivity index (χ4n) is 3.01. The Morgan fingerprint density at radius 3 is 2.45 bits per heavy atom. The van der Waals surface area contributed by atoms with E-state index in [1.165, 1.54) is 35.6 Å². The molecule has 8 heteroatoms. The van der Waals surface area contributed by atoms with Crippen molar-refractivity contribution in [2.24, 2.45) is 7.05 Å². The number of nitrogens with one attached hydrogen (secondary N) is 1. The van der Waals surface area contributed by atoms with Crippen LogP contribution in [0.1, 0.15) is 5.69 Å². The summed E-state index contributed by atoms with van der Waals surface area (Å²) in [5.41, 5.74) is 3.46. The molecule has 0 radical (unpaired) electrons. The van der Waals surface area contributed by atoms with E-state index in [-0.39, 0.29) is 4.90 Å². The highest BCUT2D eigenvalue weighted by molar-refractivity contribution is 7.92. The van der Waals surface area contributed by atoms with Crippen LogP contribution in [0.5, 0.6) is 0 Å². The second kappa shape index (κ2) is 7.46. The standard InChI is InChI=1S/C21H18FN3O2S2/c1-14-20(29(26,27)24-17-10-8-16(22)9-11-17)12-19(25(14)2)21-23-18(13-28-21)15-6-4-3-5-7-15/h3-13,24H,1-2H3. The largest absolute Gasteiger partial charge is 0.345 e. The van der Waals surface area contributed by atoms with Crippen molar-refractivity contribution >= 4 is 27.0 Å². The van der Waals surface area contributed by atoms with Crippen molar-refractivity contribution in [2.75, 3.05) is 4.72 Å². The Bertz CT molecular complexity index is 1260. The number of sulfonamides is 1. The highest BCUT2D eigenvalue weighted by atomic mass is 32.2. The number of aromatic nitrogens is 2. The first-order valence-electron chi connectivity index (χ1n) is 8.81. The molecule has 0 saturated heterocycles. The van der Waals surface area contributed by atoms with Crippen molar-refractivity contribution in [1.29, 1.82) is 0 Å². The third-order valence-electron chi connectivity index (χ3n) is 4.67. The van der Waals surface area contributed by atoms with Gasteiger partial charge in [-0.1, -0.05) is 30.3 Å². The number of rotatable bonds is 5. The normalized spacial score (nSPS) is 11.6. The van der Waals surface area contributed by atoms with E-state index in [0.717, 1.165) is 16.3 Å². The van der Waals surface area contributed by atoms with E-state index in [2.05, 4.69) is 9.71 Å². The lowest BCUT2D eigenvalue weighted by Crippen LogP contribution is -2.13. The molecule has 5 nitrogen and oxygen atoms in total. The van der Waals surface area contributed by atoms with Crippen molar-refractivity contribution in [2.45, 2.75) is 11.8 Å². The van der Waals surface area contributed by atoms with E-state index in [1.807, 2.05) is 47.3 Å². The van der Waals surface area contributed by atoms with Gasteiger partial charge in [-0.25, -0.2) is 17.8 Å². The highest BCUT2D eigenvalue weighted by Gasteiger charge is 2.23. The molecule has 0 fully saturated rings. The monoisotopic (exact) mass is 427 g/mol. The van der Waals surface area contributed by atoms with Crippen molar-refractivity contribution in [3.05, 3.63) is 77.6 Å². The second-order valence-corrected chi connectivity index (χ2v) is 9.06. The van der Waals surface area contributed by atoms with Crippen molar-refractivity contribution in [3.63, 3.8) is 0 Å². The van der Waals surface area contributed by atoms with Gasteiger partial charge in [-0.2, -0.15) is 0 Å². The Morgan fingerprint density at radius 2 is 1.76 bits per heavy atom. The number of hydrogen-bond acceptors (Lipinski definition) is 4. The summed E-state index contributed by atoms with van der Waals surface area (Å²) in [5, 5.41) is 2.69. The number of anilines is 1. The van der Waals surface area contributed by atoms with Gasteiger partial charge in [-0.3, -0.25) is 4.72 Å². The van der Waals surface area contributed by atoms with Gasteiger partial charge in [0.1, 0.15) is 15.7 Å². The van der Waals surface area contributed by atoms with Crippen LogP contribution in [0.15, 0.2) is 70.9 Å². The molecule has 1 N–H and O–H groups in total. The van der Waals surface area contributed by atoms with Crippen LogP contribution < -0.4 is 4.72 Å². The molecule has 2 aromatic heterocycles. The van der Waals surface area contributed by atoms with Gasteiger partial charge >= 0.3 is 0 Å². The summed E-state index contributed by atoms with van der Waals surface area (Å²) < 4.78 is 43.2. The average Bonchev–Trinajstić information content (AvgIpc) is 3.30. The van der Waals surface area contributed by atoms with E-state index < -0.39 is 15.8 Å². The molecular weight excluding hydrogens is 409 g/mol. The maximum absolute atomic E-state index is 13.1. The van der Waals surface area contributed by atoms with Crippen LogP contribution in [0.4, 0.5) is 10.1 Å². The highest BCUT2D eigenvalue weighted by Crippen LogP contribution is 2.33. The summed E-state index contributed by atoms with van der Waals surface area (Å²) in [7, 11) is -2.02. The number of benzene rings is 2. The van der Waals surface area contributed by atoms with E-state index in [9.17, 15) is 12.8 Å². The molecule has 0 aliphatic carbocycles. The SMILES string of the molecule is Cc1c(S(=O)(=O)Nc2ccc(F)cc2)cc(-c2nc(-c3ccccc3)cs2)n1C. The first-order chi connectivity index (χ1) is 13.8. The summed E-state index contributed by atoms with van der Waals surface area (Å²) in [4.78, 5) is 4.85. The molecule has 0 atom stereocenters. The van der Waals surface area contributed by atoms with E-state index >= 15 is 0 Å². The van der Waals surface area contributed by atoms with Gasteiger partial charge in [-0.15, -0.1) is 11.3 Å². The van der Waals surface area contributed by atoms with E-state index in [0.29, 0.717) is 17.1 Å². The number of nitrogens with zero attached hydrogens (tertiary/aromatic N) is 2. The van der Waals surface area contributed by atoms with Gasteiger partial charge < -0.3 is 4.57 Å². The molecular formula is C21H18FN3O2S2. The molecule has 0 bridgehead atoms. The fourth-order valence-corrected chi connectivity index (χ4v) is 5.24. The van der Waals surface area contributed by atoms with Gasteiger partial charge in [0.05, 0.1) is 11.4 Å². The molecule has 4 rings (SSSR count). The summed E-state index contributed by atoms with van der Waals surface area (Å²) in [5.74, 6) is -0.427. The molecule has 2 aromatic carbocycles. The van der Waals surface area contributed by atoms with Crippen LogP contribution in [0.25, 0.3) is 22.0 Å². The molecule has 0 amide bonds. The summed E-state index contributed by atoms with van der Waals surface area (Å²) >= 11 is 1.46. The molecule has 148 valence electrons. The van der Waals surface area contributed by atoms with Crippen LogP contribution >= 0.6 is 11.3 Å². The Labute approximate surface area is 172 Å². The predicted molar refractivity (Wildman–Crippen MR) is 114 cm³/mol. The third kappa shape index (κ3) is 3.81.